The van der Waals surface area contributed by atoms with Gasteiger partial charge in [-0.15, -0.1) is 0 Å². The van der Waals surface area contributed by atoms with E-state index in [9.17, 15) is 13.2 Å². The summed E-state index contributed by atoms with van der Waals surface area (Å²) in [7, 11) is 0. The minimum absolute atomic E-state index is 0.227. The Hall–Kier alpha value is 0.460. The fraction of sp³-hybridized carbons (Fsp3) is 0.625. The summed E-state index contributed by atoms with van der Waals surface area (Å²) in [5, 5.41) is 0. The van der Waals surface area contributed by atoms with Crippen molar-refractivity contribution in [2.24, 2.45) is 8.94 Å². The first-order valence-electron chi connectivity index (χ1n) is 4.35. The molecule has 7 heteroatoms. The van der Waals surface area contributed by atoms with Crippen molar-refractivity contribution in [3.05, 3.63) is 11.3 Å². The van der Waals surface area contributed by atoms with E-state index in [-0.39, 0.29) is 5.57 Å². The molecule has 0 radical (unpaired) electrons. The van der Waals surface area contributed by atoms with E-state index >= 15 is 0 Å². The first-order valence-corrected chi connectivity index (χ1v) is 11.6. The summed E-state index contributed by atoms with van der Waals surface area (Å²) in [5.41, 5.74) is 4.99. The Labute approximate surface area is 106 Å². The number of alkyl halides is 3. The zero-order valence-corrected chi connectivity index (χ0v) is 12.1. The van der Waals surface area contributed by atoms with Gasteiger partial charge >= 0.3 is 107 Å². The maximum atomic E-state index is 12.4. The van der Waals surface area contributed by atoms with Gasteiger partial charge in [-0.05, 0) is 0 Å². The predicted octanol–water partition coefficient (Wildman–Crippen LogP) is 0.131. The van der Waals surface area contributed by atoms with Crippen LogP contribution in [-0.4, -0.2) is 11.9 Å². The van der Waals surface area contributed by atoms with Gasteiger partial charge in [-0.1, -0.05) is 0 Å². The quantitative estimate of drug-likeness (QED) is 0.574. The van der Waals surface area contributed by atoms with Crippen molar-refractivity contribution >= 4 is 24.3 Å². The van der Waals surface area contributed by atoms with Crippen LogP contribution in [0.5, 0.6) is 0 Å². The first kappa shape index (κ1) is 13.5. The molecule has 0 amide bonds. The molecule has 0 saturated heterocycles. The Bertz CT molecular complexity index is 297. The number of halogens is 5. The summed E-state index contributed by atoms with van der Waals surface area (Å²) < 4.78 is 41.4. The zero-order chi connectivity index (χ0) is 11.5. The molecule has 1 saturated carbocycles. The number of hydrogen-bond acceptors (Lipinski definition) is 2. The molecule has 2 nitrogen and oxygen atoms in total. The molecule has 1 aliphatic rings. The number of nitrogens with two attached hydrogens (primary N) is 1. The third-order valence-electron chi connectivity index (χ3n) is 2.20. The average Bonchev–Trinajstić information content (AvgIpc) is 2.17. The van der Waals surface area contributed by atoms with Crippen molar-refractivity contribution in [2.45, 2.75) is 31.9 Å². The monoisotopic (exact) mass is 445 g/mol. The second-order valence-corrected chi connectivity index (χ2v) is 6.49. The van der Waals surface area contributed by atoms with Crippen LogP contribution in [0.3, 0.4) is 0 Å². The third kappa shape index (κ3) is 3.75. The van der Waals surface area contributed by atoms with Crippen molar-refractivity contribution < 1.29 is 30.7 Å². The van der Waals surface area contributed by atoms with E-state index in [1.807, 2.05) is 0 Å². The summed E-state index contributed by atoms with van der Waals surface area (Å²) in [4.78, 5) is 0. The van der Waals surface area contributed by atoms with E-state index < -0.39 is 29.4 Å². The van der Waals surface area contributed by atoms with Gasteiger partial charge in [0.05, 0.1) is 0 Å². The van der Waals surface area contributed by atoms with Gasteiger partial charge in [-0.2, -0.15) is 0 Å². The molecule has 15 heavy (non-hydrogen) atoms. The molecule has 1 aliphatic carbocycles. The Morgan fingerprint density at radius 2 is 1.93 bits per heavy atom. The second kappa shape index (κ2) is 5.69. The molecule has 88 valence electrons. The number of hydrogen-bond donors (Lipinski definition) is 1. The van der Waals surface area contributed by atoms with E-state index in [4.69, 9.17) is 5.73 Å². The van der Waals surface area contributed by atoms with Gasteiger partial charge in [0.25, 0.3) is 0 Å². The summed E-state index contributed by atoms with van der Waals surface area (Å²) in [6.45, 7) is 0. The summed E-state index contributed by atoms with van der Waals surface area (Å²) in [5.74, 6) is 0. The van der Waals surface area contributed by atoms with Crippen molar-refractivity contribution in [3.8, 4) is 0 Å². The van der Waals surface area contributed by atoms with E-state index in [1.165, 1.54) is 0 Å². The molecular weight excluding hydrogens is 435 g/mol. The first-order chi connectivity index (χ1) is 6.96. The van der Waals surface area contributed by atoms with Crippen molar-refractivity contribution in [1.29, 1.82) is 0 Å². The molecule has 0 atom stereocenters. The molecule has 0 heterocycles. The van der Waals surface area contributed by atoms with E-state index in [0.29, 0.717) is 18.6 Å². The predicted molar refractivity (Wildman–Crippen MR) is 57.2 cm³/mol. The topological polar surface area (TPSA) is 38.4 Å². The molecule has 0 aromatic rings. The molecule has 0 aromatic heterocycles. The Morgan fingerprint density at radius 1 is 1.33 bits per heavy atom. The molecule has 0 spiro atoms. The third-order valence-corrected chi connectivity index (χ3v) is 4.19. The molecular formula is C8H10F3I2N2-. The van der Waals surface area contributed by atoms with Gasteiger partial charge in [0.15, 0.2) is 0 Å². The SMILES string of the molecule is NC(=C1CCCCC1=N[I-]I)C(F)(F)F. The van der Waals surface area contributed by atoms with E-state index in [0.717, 1.165) is 12.8 Å². The Kier molecular flexibility index (Phi) is 5.13. The van der Waals surface area contributed by atoms with Crippen molar-refractivity contribution in [1.82, 2.24) is 0 Å². The summed E-state index contributed by atoms with van der Waals surface area (Å²) >= 11 is 1.72. The van der Waals surface area contributed by atoms with Crippen LogP contribution in [0.4, 0.5) is 13.2 Å². The van der Waals surface area contributed by atoms with Crippen molar-refractivity contribution in [3.63, 3.8) is 0 Å². The normalized spacial score (nSPS) is 24.7. The standard InChI is InChI=1S/C8H10F3I2N2/c9-8(10,11)7(14)5-3-1-2-4-6(5)15-13-12/h1-4,14H2/q-1. The van der Waals surface area contributed by atoms with Crippen LogP contribution in [0.2, 0.25) is 0 Å². The molecule has 0 aromatic carbocycles. The maximum absolute atomic E-state index is 12.4. The summed E-state index contributed by atoms with van der Waals surface area (Å²) in [6.07, 6.45) is -1.70. The Morgan fingerprint density at radius 3 is 2.47 bits per heavy atom. The van der Waals surface area contributed by atoms with Crippen LogP contribution >= 0.6 is 18.6 Å². The molecule has 0 aliphatic heterocycles. The van der Waals surface area contributed by atoms with Gasteiger partial charge in [0, 0.05) is 0 Å². The van der Waals surface area contributed by atoms with E-state index in [2.05, 4.69) is 21.8 Å². The minimum atomic E-state index is -4.42. The zero-order valence-electron chi connectivity index (χ0n) is 7.74. The van der Waals surface area contributed by atoms with Crippen LogP contribution in [0.15, 0.2) is 14.5 Å². The van der Waals surface area contributed by atoms with Crippen molar-refractivity contribution in [2.75, 3.05) is 0 Å². The molecule has 1 fully saturated rings. The molecule has 0 bridgehead atoms. The van der Waals surface area contributed by atoms with Crippen LogP contribution in [0.1, 0.15) is 25.7 Å². The van der Waals surface area contributed by atoms with Gasteiger partial charge in [0.1, 0.15) is 0 Å². The number of nitrogens with zero attached hydrogens (tertiary/aromatic N) is 1. The van der Waals surface area contributed by atoms with Crippen LogP contribution in [0, 0.1) is 0 Å². The molecule has 2 N–H and O–H groups in total. The second-order valence-electron chi connectivity index (χ2n) is 3.19. The van der Waals surface area contributed by atoms with Gasteiger partial charge < -0.3 is 0 Å². The average molecular weight is 445 g/mol. The van der Waals surface area contributed by atoms with Gasteiger partial charge in [0.2, 0.25) is 0 Å². The summed E-state index contributed by atoms with van der Waals surface area (Å²) in [6, 6.07) is 0. The molecule has 0 unspecified atom stereocenters. The fourth-order valence-electron chi connectivity index (χ4n) is 1.48. The number of allylic oxidation sites excluding steroid dienone is 2. The van der Waals surface area contributed by atoms with Gasteiger partial charge in [-0.25, -0.2) is 0 Å². The van der Waals surface area contributed by atoms with Crippen LogP contribution < -0.4 is 23.2 Å². The van der Waals surface area contributed by atoms with E-state index in [1.54, 1.807) is 0 Å². The molecule has 1 rings (SSSR count). The number of rotatable bonds is 1. The van der Waals surface area contributed by atoms with Crippen LogP contribution in [-0.2, 0) is 0 Å². The van der Waals surface area contributed by atoms with Gasteiger partial charge in [-0.3, -0.25) is 0 Å². The fourth-order valence-corrected chi connectivity index (χ4v) is 3.71. The Balaban J connectivity index is 3.04. The van der Waals surface area contributed by atoms with Crippen LogP contribution in [0.25, 0.3) is 0 Å².